The number of urea groups is 1. The average molecular weight is 663 g/mol. The number of benzene rings is 2. The number of thiazole rings is 1. The molecule has 1 aromatic heterocycles. The number of nitrogens with zero attached hydrogens (tertiary/aromatic N) is 4. The van der Waals surface area contributed by atoms with E-state index < -0.39 is 18.8 Å². The molecule has 3 aromatic rings. The van der Waals surface area contributed by atoms with Crippen molar-refractivity contribution < 1.29 is 23.1 Å². The molecule has 1 fully saturated rings. The van der Waals surface area contributed by atoms with Crippen LogP contribution in [0, 0.1) is 5.41 Å². The maximum atomic E-state index is 13.2. The van der Waals surface area contributed by atoms with Crippen LogP contribution in [0.2, 0.25) is 5.02 Å². The van der Waals surface area contributed by atoms with Gasteiger partial charge < -0.3 is 20.2 Å². The van der Waals surface area contributed by atoms with Gasteiger partial charge in [0.15, 0.2) is 5.13 Å². The van der Waals surface area contributed by atoms with Gasteiger partial charge in [-0.2, -0.15) is 13.2 Å². The van der Waals surface area contributed by atoms with Crippen LogP contribution in [0.4, 0.5) is 40.2 Å². The fourth-order valence-corrected chi connectivity index (χ4v) is 8.37. The summed E-state index contributed by atoms with van der Waals surface area (Å²) >= 11 is 8.05. The maximum absolute atomic E-state index is 13.2. The molecule has 45 heavy (non-hydrogen) atoms. The van der Waals surface area contributed by atoms with Gasteiger partial charge in [-0.3, -0.25) is 10.2 Å². The number of likely N-dealkylation sites (tertiary alicyclic amines) is 1. The van der Waals surface area contributed by atoms with Crippen molar-refractivity contribution in [2.24, 2.45) is 5.41 Å². The summed E-state index contributed by atoms with van der Waals surface area (Å²) in [5, 5.41) is 17.8. The predicted octanol–water partition coefficient (Wildman–Crippen LogP) is 7.60. The largest absolute Gasteiger partial charge is 0.506 e. The maximum Gasteiger partial charge on any atom is 0.401 e. The Bertz CT molecular complexity index is 1580. The van der Waals surface area contributed by atoms with Gasteiger partial charge in [0.2, 0.25) is 0 Å². The van der Waals surface area contributed by atoms with E-state index in [0.717, 1.165) is 48.6 Å². The average Bonchev–Trinajstić information content (AvgIpc) is 3.49. The highest BCUT2D eigenvalue weighted by molar-refractivity contribution is 7.15. The number of phenols is 1. The number of carbonyl (C=O) groups excluding carboxylic acids is 1. The molecule has 3 aliphatic heterocycles. The van der Waals surface area contributed by atoms with E-state index in [2.05, 4.69) is 46.2 Å². The SMILES string of the molecule is CC(C)(C)CN1CCC2(CC1)CN(c1ccccc1NC(=O)Nc1nc3c(s1)CN(CC(F)(F)F)CC3)c1c(O)ccc(Cl)c12. The second-order valence-corrected chi connectivity index (χ2v) is 15.0. The Hall–Kier alpha value is -3.06. The third kappa shape index (κ3) is 6.89. The third-order valence-electron chi connectivity index (χ3n) is 8.75. The van der Waals surface area contributed by atoms with Gasteiger partial charge in [0.25, 0.3) is 0 Å². The highest BCUT2D eigenvalue weighted by Gasteiger charge is 2.48. The summed E-state index contributed by atoms with van der Waals surface area (Å²) in [5.74, 6) is 0.135. The molecule has 0 radical (unpaired) electrons. The summed E-state index contributed by atoms with van der Waals surface area (Å²) in [4.78, 5) is 24.3. The van der Waals surface area contributed by atoms with Crippen LogP contribution in [0.1, 0.15) is 49.7 Å². The number of rotatable bonds is 5. The number of alkyl halides is 3. The standard InChI is InChI=1S/C32H38ClF3N6O2S/c1-30(2,3)17-40-14-11-31(12-15-40)18-42(27-24(43)9-8-20(33)26(27)31)23-7-5-4-6-21(23)37-28(44)39-29-38-22-10-13-41(16-25(22)45-29)19-32(34,35)36/h4-9,43H,10-19H2,1-3H3,(H2,37,38,39,44). The lowest BCUT2D eigenvalue weighted by Gasteiger charge is -2.42. The van der Waals surface area contributed by atoms with E-state index in [4.69, 9.17) is 11.6 Å². The predicted molar refractivity (Wildman–Crippen MR) is 173 cm³/mol. The van der Waals surface area contributed by atoms with E-state index in [9.17, 15) is 23.1 Å². The Balaban J connectivity index is 1.21. The zero-order chi connectivity index (χ0) is 32.1. The molecule has 2 aromatic carbocycles. The van der Waals surface area contributed by atoms with Crippen LogP contribution in [0.3, 0.4) is 0 Å². The fraction of sp³-hybridized carbons (Fsp3) is 0.500. The van der Waals surface area contributed by atoms with Gasteiger partial charge in [-0.05, 0) is 55.6 Å². The number of phenolic OH excluding ortho intramolecular Hbond substituents is 1. The van der Waals surface area contributed by atoms with Gasteiger partial charge in [-0.15, -0.1) is 11.3 Å². The van der Waals surface area contributed by atoms with E-state index in [1.165, 1.54) is 16.2 Å². The molecule has 8 nitrogen and oxygen atoms in total. The first-order valence-electron chi connectivity index (χ1n) is 15.2. The molecule has 2 amide bonds. The molecule has 3 aliphatic rings. The molecule has 0 saturated carbocycles. The molecule has 13 heteroatoms. The van der Waals surface area contributed by atoms with E-state index in [0.29, 0.717) is 40.2 Å². The van der Waals surface area contributed by atoms with Crippen LogP contribution < -0.4 is 15.5 Å². The minimum absolute atomic E-state index is 0.135. The van der Waals surface area contributed by atoms with Crippen molar-refractivity contribution in [3.05, 3.63) is 57.6 Å². The molecule has 3 N–H and O–H groups in total. The van der Waals surface area contributed by atoms with Crippen LogP contribution in [0.25, 0.3) is 0 Å². The van der Waals surface area contributed by atoms with E-state index in [-0.39, 0.29) is 29.7 Å². The Morgan fingerprint density at radius 1 is 1.04 bits per heavy atom. The second kappa shape index (κ2) is 11.9. The van der Waals surface area contributed by atoms with E-state index >= 15 is 0 Å². The molecule has 1 spiro atoms. The summed E-state index contributed by atoms with van der Waals surface area (Å²) in [7, 11) is 0. The Morgan fingerprint density at radius 3 is 2.49 bits per heavy atom. The van der Waals surface area contributed by atoms with Crippen molar-refractivity contribution in [1.82, 2.24) is 14.8 Å². The molecule has 0 atom stereocenters. The van der Waals surface area contributed by atoms with Gasteiger partial charge in [-0.25, -0.2) is 9.78 Å². The number of piperidine rings is 1. The molecule has 0 unspecified atom stereocenters. The Labute approximate surface area is 270 Å². The molecular formula is C32H38ClF3N6O2S. The van der Waals surface area contributed by atoms with Crippen molar-refractivity contribution in [3.8, 4) is 5.75 Å². The molecule has 0 aliphatic carbocycles. The number of aromatic hydroxyl groups is 1. The van der Waals surface area contributed by atoms with E-state index in [1.54, 1.807) is 18.2 Å². The fourth-order valence-electron chi connectivity index (χ4n) is 6.97. The number of para-hydroxylation sites is 2. The lowest BCUT2D eigenvalue weighted by molar-refractivity contribution is -0.147. The van der Waals surface area contributed by atoms with Crippen LogP contribution in [-0.2, 0) is 18.4 Å². The summed E-state index contributed by atoms with van der Waals surface area (Å²) in [6.45, 7) is 9.63. The molecule has 6 rings (SSSR count). The normalized spacial score (nSPS) is 18.6. The van der Waals surface area contributed by atoms with Crippen LogP contribution in [0.15, 0.2) is 36.4 Å². The minimum atomic E-state index is -4.27. The zero-order valence-corrected chi connectivity index (χ0v) is 27.2. The van der Waals surface area contributed by atoms with Gasteiger partial charge >= 0.3 is 12.2 Å². The number of aromatic nitrogens is 1. The van der Waals surface area contributed by atoms with Gasteiger partial charge in [-0.1, -0.05) is 44.5 Å². The number of anilines is 4. The monoisotopic (exact) mass is 662 g/mol. The number of carbonyl (C=O) groups is 1. The topological polar surface area (TPSA) is 84.0 Å². The number of nitrogens with one attached hydrogen (secondary N) is 2. The summed E-state index contributed by atoms with van der Waals surface area (Å²) in [6.07, 6.45) is -2.09. The quantitative estimate of drug-likeness (QED) is 0.261. The smallest absolute Gasteiger partial charge is 0.401 e. The number of halogens is 4. The molecule has 0 bridgehead atoms. The lowest BCUT2D eigenvalue weighted by atomic mass is 9.74. The van der Waals surface area contributed by atoms with Crippen molar-refractivity contribution in [1.29, 1.82) is 0 Å². The van der Waals surface area contributed by atoms with Crippen molar-refractivity contribution in [3.63, 3.8) is 0 Å². The first-order chi connectivity index (χ1) is 21.2. The Kier molecular flexibility index (Phi) is 8.47. The van der Waals surface area contributed by atoms with Gasteiger partial charge in [0.1, 0.15) is 5.75 Å². The highest BCUT2D eigenvalue weighted by atomic mass is 35.5. The first kappa shape index (κ1) is 31.9. The molecular weight excluding hydrogens is 625 g/mol. The number of hydrogen-bond donors (Lipinski definition) is 3. The van der Waals surface area contributed by atoms with E-state index in [1.807, 2.05) is 18.2 Å². The summed E-state index contributed by atoms with van der Waals surface area (Å²) < 4.78 is 38.7. The minimum Gasteiger partial charge on any atom is -0.506 e. The number of fused-ring (bicyclic) bond motifs is 3. The first-order valence-corrected chi connectivity index (χ1v) is 16.4. The number of amides is 2. The van der Waals surface area contributed by atoms with Crippen LogP contribution in [0.5, 0.6) is 5.75 Å². The molecule has 1 saturated heterocycles. The van der Waals surface area contributed by atoms with Crippen molar-refractivity contribution in [2.75, 3.05) is 54.8 Å². The van der Waals surface area contributed by atoms with Gasteiger partial charge in [0, 0.05) is 53.5 Å². The van der Waals surface area contributed by atoms with Crippen LogP contribution >= 0.6 is 22.9 Å². The summed E-state index contributed by atoms with van der Waals surface area (Å²) in [5.41, 5.74) is 3.53. The van der Waals surface area contributed by atoms with Crippen molar-refractivity contribution in [2.45, 2.75) is 58.2 Å². The highest BCUT2D eigenvalue weighted by Crippen LogP contribution is 2.56. The van der Waals surface area contributed by atoms with Crippen LogP contribution in [-0.4, -0.2) is 71.4 Å². The molecule has 242 valence electrons. The lowest BCUT2D eigenvalue weighted by Crippen LogP contribution is -2.47. The second-order valence-electron chi connectivity index (χ2n) is 13.6. The third-order valence-corrected chi connectivity index (χ3v) is 10.1. The zero-order valence-electron chi connectivity index (χ0n) is 25.6. The van der Waals surface area contributed by atoms with Gasteiger partial charge in [0.05, 0.1) is 29.3 Å². The number of hydrogen-bond acceptors (Lipinski definition) is 7. The van der Waals surface area contributed by atoms with Crippen molar-refractivity contribution >= 4 is 51.2 Å². The molecule has 4 heterocycles. The Morgan fingerprint density at radius 2 is 1.78 bits per heavy atom. The summed E-state index contributed by atoms with van der Waals surface area (Å²) in [6, 6.07) is 10.3.